The van der Waals surface area contributed by atoms with Crippen molar-refractivity contribution in [1.82, 2.24) is 9.55 Å². The van der Waals surface area contributed by atoms with Gasteiger partial charge in [-0.05, 0) is 30.7 Å². The molecule has 152 valence electrons. The molecular formula is C20H18Cl3N3O2S. The Hall–Kier alpha value is -1.73. The second-order valence-electron chi connectivity index (χ2n) is 6.30. The van der Waals surface area contributed by atoms with Gasteiger partial charge in [0.1, 0.15) is 0 Å². The van der Waals surface area contributed by atoms with Gasteiger partial charge in [0.15, 0.2) is 5.16 Å². The molecule has 0 aliphatic rings. The molecule has 1 heterocycles. The summed E-state index contributed by atoms with van der Waals surface area (Å²) in [7, 11) is 0. The monoisotopic (exact) mass is 469 g/mol. The number of nitrogens with zero attached hydrogens (tertiary/aromatic N) is 2. The largest absolute Gasteiger partial charge is 0.324 e. The van der Waals surface area contributed by atoms with Crippen molar-refractivity contribution >= 4 is 69.1 Å². The molecule has 0 spiro atoms. The van der Waals surface area contributed by atoms with Gasteiger partial charge in [-0.15, -0.1) is 0 Å². The van der Waals surface area contributed by atoms with Gasteiger partial charge in [0, 0.05) is 6.54 Å². The van der Waals surface area contributed by atoms with Gasteiger partial charge in [0.05, 0.1) is 37.4 Å². The molecule has 9 heteroatoms. The number of hydrogen-bond donors (Lipinski definition) is 1. The van der Waals surface area contributed by atoms with Crippen LogP contribution in [0.5, 0.6) is 0 Å². The molecule has 0 saturated carbocycles. The van der Waals surface area contributed by atoms with Crippen molar-refractivity contribution in [2.75, 3.05) is 11.1 Å². The van der Waals surface area contributed by atoms with E-state index in [9.17, 15) is 9.59 Å². The van der Waals surface area contributed by atoms with Crippen molar-refractivity contribution in [3.8, 4) is 0 Å². The lowest BCUT2D eigenvalue weighted by molar-refractivity contribution is -0.113. The third kappa shape index (κ3) is 5.25. The van der Waals surface area contributed by atoms with E-state index in [1.807, 2.05) is 12.1 Å². The number of fused-ring (bicyclic) bond motifs is 1. The SMILES string of the molecule is CCCCn1c(SCC(=O)Nc2cc(Cl)c(Cl)cc2Cl)nc2ccccc2c1=O. The molecule has 0 unspecified atom stereocenters. The summed E-state index contributed by atoms with van der Waals surface area (Å²) in [6, 6.07) is 10.2. The Kier molecular flexibility index (Phi) is 7.46. The number of anilines is 1. The highest BCUT2D eigenvalue weighted by atomic mass is 35.5. The molecule has 0 fully saturated rings. The molecule has 3 aromatic rings. The zero-order chi connectivity index (χ0) is 21.0. The van der Waals surface area contributed by atoms with E-state index >= 15 is 0 Å². The van der Waals surface area contributed by atoms with Crippen LogP contribution in [-0.2, 0) is 11.3 Å². The number of nitrogens with one attached hydrogen (secondary N) is 1. The first-order valence-electron chi connectivity index (χ1n) is 8.97. The van der Waals surface area contributed by atoms with E-state index in [1.165, 1.54) is 23.9 Å². The standard InChI is InChI=1S/C20H18Cl3N3O2S/c1-2-3-8-26-19(28)12-6-4-5-7-16(12)25-20(26)29-11-18(27)24-17-10-14(22)13(21)9-15(17)23/h4-7,9-10H,2-3,8,11H2,1H3,(H,24,27). The number of hydrogen-bond acceptors (Lipinski definition) is 4. The van der Waals surface area contributed by atoms with E-state index in [2.05, 4.69) is 17.2 Å². The Morgan fingerprint density at radius 3 is 2.62 bits per heavy atom. The maximum absolute atomic E-state index is 12.9. The van der Waals surface area contributed by atoms with Crippen molar-refractivity contribution in [3.05, 3.63) is 61.8 Å². The maximum Gasteiger partial charge on any atom is 0.262 e. The molecule has 0 aliphatic heterocycles. The smallest absolute Gasteiger partial charge is 0.262 e. The highest BCUT2D eigenvalue weighted by molar-refractivity contribution is 7.99. The lowest BCUT2D eigenvalue weighted by Gasteiger charge is -2.13. The van der Waals surface area contributed by atoms with Gasteiger partial charge in [-0.1, -0.05) is 72.0 Å². The minimum atomic E-state index is -0.292. The van der Waals surface area contributed by atoms with Gasteiger partial charge >= 0.3 is 0 Å². The summed E-state index contributed by atoms with van der Waals surface area (Å²) in [6.45, 7) is 2.61. The highest BCUT2D eigenvalue weighted by Gasteiger charge is 2.14. The van der Waals surface area contributed by atoms with Crippen molar-refractivity contribution in [2.24, 2.45) is 0 Å². The van der Waals surface area contributed by atoms with Gasteiger partial charge in [0.25, 0.3) is 5.56 Å². The number of halogens is 3. The molecule has 29 heavy (non-hydrogen) atoms. The first kappa shape index (κ1) is 22.0. The van der Waals surface area contributed by atoms with Crippen molar-refractivity contribution in [3.63, 3.8) is 0 Å². The Bertz CT molecular complexity index is 1120. The quantitative estimate of drug-likeness (QED) is 0.266. The Balaban J connectivity index is 1.81. The summed E-state index contributed by atoms with van der Waals surface area (Å²) < 4.78 is 1.63. The molecule has 0 bridgehead atoms. The average Bonchev–Trinajstić information content (AvgIpc) is 2.70. The van der Waals surface area contributed by atoms with Crippen LogP contribution in [0.15, 0.2) is 46.3 Å². The minimum Gasteiger partial charge on any atom is -0.324 e. The number of para-hydroxylation sites is 1. The van der Waals surface area contributed by atoms with Gasteiger partial charge in [-0.2, -0.15) is 0 Å². The van der Waals surface area contributed by atoms with Crippen LogP contribution in [0.25, 0.3) is 10.9 Å². The zero-order valence-electron chi connectivity index (χ0n) is 15.5. The van der Waals surface area contributed by atoms with Gasteiger partial charge in [-0.3, -0.25) is 14.2 Å². The summed E-state index contributed by atoms with van der Waals surface area (Å²) in [5.41, 5.74) is 0.890. The van der Waals surface area contributed by atoms with Crippen molar-refractivity contribution in [1.29, 1.82) is 0 Å². The van der Waals surface area contributed by atoms with Crippen LogP contribution in [-0.4, -0.2) is 21.2 Å². The number of rotatable bonds is 7. The third-order valence-corrected chi connectivity index (χ3v) is 6.19. The van der Waals surface area contributed by atoms with Crippen LogP contribution in [0.2, 0.25) is 15.1 Å². The summed E-state index contributed by atoms with van der Waals surface area (Å²) in [6.07, 6.45) is 1.79. The lowest BCUT2D eigenvalue weighted by Crippen LogP contribution is -2.24. The maximum atomic E-state index is 12.9. The fourth-order valence-electron chi connectivity index (χ4n) is 2.71. The van der Waals surface area contributed by atoms with Crippen molar-refractivity contribution in [2.45, 2.75) is 31.5 Å². The Labute approximate surface area is 187 Å². The Morgan fingerprint density at radius 2 is 1.86 bits per heavy atom. The zero-order valence-corrected chi connectivity index (χ0v) is 18.6. The van der Waals surface area contributed by atoms with Crippen LogP contribution in [0.4, 0.5) is 5.69 Å². The van der Waals surface area contributed by atoms with E-state index in [4.69, 9.17) is 34.8 Å². The number of carbonyl (C=O) groups is 1. The molecule has 1 amide bonds. The number of thioether (sulfide) groups is 1. The second-order valence-corrected chi connectivity index (χ2v) is 8.47. The molecule has 0 atom stereocenters. The van der Waals surface area contributed by atoms with Crippen LogP contribution in [0, 0.1) is 0 Å². The van der Waals surface area contributed by atoms with Crippen LogP contribution in [0.1, 0.15) is 19.8 Å². The summed E-state index contributed by atoms with van der Waals surface area (Å²) in [5.74, 6) is -0.229. The number of benzene rings is 2. The second kappa shape index (κ2) is 9.85. The van der Waals surface area contributed by atoms with Crippen LogP contribution in [0.3, 0.4) is 0 Å². The molecule has 5 nitrogen and oxygen atoms in total. The molecule has 0 aliphatic carbocycles. The molecule has 1 aromatic heterocycles. The topological polar surface area (TPSA) is 64.0 Å². The average molecular weight is 471 g/mol. The number of aromatic nitrogens is 2. The molecule has 1 N–H and O–H groups in total. The van der Waals surface area contributed by atoms with Crippen LogP contribution < -0.4 is 10.9 Å². The summed E-state index contributed by atoms with van der Waals surface area (Å²) >= 11 is 19.2. The summed E-state index contributed by atoms with van der Waals surface area (Å²) in [5, 5.41) is 4.69. The third-order valence-electron chi connectivity index (χ3n) is 4.18. The molecule has 2 aromatic carbocycles. The van der Waals surface area contributed by atoms with Gasteiger partial charge in [-0.25, -0.2) is 4.98 Å². The fourth-order valence-corrected chi connectivity index (χ4v) is 4.13. The minimum absolute atomic E-state index is 0.0630. The first-order valence-corrected chi connectivity index (χ1v) is 11.1. The van der Waals surface area contributed by atoms with Crippen molar-refractivity contribution < 1.29 is 4.79 Å². The number of amides is 1. The van der Waals surface area contributed by atoms with E-state index in [0.717, 1.165) is 12.8 Å². The molecular weight excluding hydrogens is 453 g/mol. The number of carbonyl (C=O) groups excluding carboxylic acids is 1. The fraction of sp³-hybridized carbons (Fsp3) is 0.250. The molecule has 0 saturated heterocycles. The highest BCUT2D eigenvalue weighted by Crippen LogP contribution is 2.32. The predicted molar refractivity (Wildman–Crippen MR) is 122 cm³/mol. The van der Waals surface area contributed by atoms with Crippen LogP contribution >= 0.6 is 46.6 Å². The van der Waals surface area contributed by atoms with E-state index in [0.29, 0.717) is 43.4 Å². The molecule has 3 rings (SSSR count). The number of unbranched alkanes of at least 4 members (excludes halogenated alkanes) is 1. The first-order chi connectivity index (χ1) is 13.9. The molecule has 0 radical (unpaired) electrons. The lowest BCUT2D eigenvalue weighted by atomic mass is 10.2. The summed E-state index contributed by atoms with van der Waals surface area (Å²) in [4.78, 5) is 29.9. The van der Waals surface area contributed by atoms with Gasteiger partial charge in [0.2, 0.25) is 5.91 Å². The van der Waals surface area contributed by atoms with E-state index in [1.54, 1.807) is 16.7 Å². The van der Waals surface area contributed by atoms with Gasteiger partial charge < -0.3 is 5.32 Å². The Morgan fingerprint density at radius 1 is 1.14 bits per heavy atom. The normalized spacial score (nSPS) is 11.0. The van der Waals surface area contributed by atoms with E-state index in [-0.39, 0.29) is 17.2 Å². The van der Waals surface area contributed by atoms with E-state index < -0.39 is 0 Å². The predicted octanol–water partition coefficient (Wildman–Crippen LogP) is 5.89.